The lowest BCUT2D eigenvalue weighted by Crippen LogP contribution is -2.61. The molecule has 1 heterocycles. The maximum absolute atomic E-state index is 13.0. The normalized spacial score (nSPS) is 22.4. The Morgan fingerprint density at radius 1 is 0.635 bits per heavy atom. The minimum atomic E-state index is -1.86. The number of aliphatic carboxylic acids is 1. The van der Waals surface area contributed by atoms with Crippen LogP contribution in [0.15, 0.2) is 12.2 Å². The average Bonchev–Trinajstić information content (AvgIpc) is 3.13. The van der Waals surface area contributed by atoms with Gasteiger partial charge in [-0.05, 0) is 38.5 Å². The third-order valence-electron chi connectivity index (χ3n) is 10.2. The molecular formula is C41H77NO10. The number of carbonyl (C=O) groups excluding carboxylic acids is 1. The van der Waals surface area contributed by atoms with Gasteiger partial charge in [0.15, 0.2) is 12.4 Å². The molecule has 0 aromatic rings. The molecule has 1 aliphatic heterocycles. The molecule has 0 radical (unpaired) electrons. The molecule has 0 bridgehead atoms. The molecule has 11 nitrogen and oxygen atoms in total. The lowest BCUT2D eigenvalue weighted by Gasteiger charge is -2.39. The quantitative estimate of drug-likeness (QED) is 0.0272. The Morgan fingerprint density at radius 2 is 1.08 bits per heavy atom. The van der Waals surface area contributed by atoms with Crippen LogP contribution < -0.4 is 5.32 Å². The molecular weight excluding hydrogens is 666 g/mol. The van der Waals surface area contributed by atoms with Gasteiger partial charge in [-0.15, -0.1) is 0 Å². The Balaban J connectivity index is 2.50. The van der Waals surface area contributed by atoms with Crippen LogP contribution in [0.2, 0.25) is 0 Å². The minimum absolute atomic E-state index is 0.289. The molecule has 1 saturated heterocycles. The van der Waals surface area contributed by atoms with Crippen molar-refractivity contribution in [2.24, 2.45) is 0 Å². The van der Waals surface area contributed by atoms with Crippen LogP contribution in [0.5, 0.6) is 0 Å². The summed E-state index contributed by atoms with van der Waals surface area (Å²) in [5.74, 6) is -2.18. The van der Waals surface area contributed by atoms with E-state index in [0.717, 1.165) is 51.4 Å². The maximum Gasteiger partial charge on any atom is 0.335 e. The Kier molecular flexibility index (Phi) is 29.5. The van der Waals surface area contributed by atoms with Crippen LogP contribution in [0.3, 0.4) is 0 Å². The molecule has 0 saturated carbocycles. The van der Waals surface area contributed by atoms with Gasteiger partial charge in [-0.25, -0.2) is 4.79 Å². The number of aliphatic hydroxyl groups excluding tert-OH is 5. The zero-order valence-electron chi connectivity index (χ0n) is 32.7. The highest BCUT2D eigenvalue weighted by Crippen LogP contribution is 2.23. The van der Waals surface area contributed by atoms with Crippen LogP contribution >= 0.6 is 0 Å². The largest absolute Gasteiger partial charge is 0.479 e. The highest BCUT2D eigenvalue weighted by Gasteiger charge is 2.47. The van der Waals surface area contributed by atoms with Crippen LogP contribution in [-0.4, -0.2) is 98.1 Å². The predicted molar refractivity (Wildman–Crippen MR) is 205 cm³/mol. The van der Waals surface area contributed by atoms with Crippen LogP contribution in [0.25, 0.3) is 0 Å². The molecule has 11 heteroatoms. The van der Waals surface area contributed by atoms with Crippen molar-refractivity contribution in [2.75, 3.05) is 6.61 Å². The highest BCUT2D eigenvalue weighted by molar-refractivity contribution is 5.80. The molecule has 0 aromatic carbocycles. The monoisotopic (exact) mass is 744 g/mol. The SMILES string of the molecule is CCCCC/C=C/CCCCCCCCCC(O)C(CO[C@H]1O[C@H](C(=O)O)[C@@H](O)[C@H](O)[C@H]1O)NC(=O)[C@@H](O)CCCCCCCCCCCCCC. The van der Waals surface area contributed by atoms with Gasteiger partial charge < -0.3 is 45.4 Å². The molecule has 52 heavy (non-hydrogen) atoms. The number of ether oxygens (including phenoxy) is 2. The number of carbonyl (C=O) groups is 2. The number of amides is 1. The number of hydrogen-bond acceptors (Lipinski definition) is 9. The van der Waals surface area contributed by atoms with Crippen molar-refractivity contribution in [3.05, 3.63) is 12.2 Å². The molecule has 1 fully saturated rings. The van der Waals surface area contributed by atoms with Crippen LogP contribution in [-0.2, 0) is 19.1 Å². The second-order valence-corrected chi connectivity index (χ2v) is 15.0. The Labute approximate surface area is 315 Å². The molecule has 1 rings (SSSR count). The fourth-order valence-electron chi connectivity index (χ4n) is 6.67. The fraction of sp³-hybridized carbons (Fsp3) is 0.902. The number of hydrogen-bond donors (Lipinski definition) is 7. The van der Waals surface area contributed by atoms with E-state index in [9.17, 15) is 40.2 Å². The summed E-state index contributed by atoms with van der Waals surface area (Å²) in [7, 11) is 0. The topological polar surface area (TPSA) is 186 Å². The van der Waals surface area contributed by atoms with E-state index in [2.05, 4.69) is 31.3 Å². The lowest BCUT2D eigenvalue weighted by molar-refractivity contribution is -0.295. The molecule has 7 N–H and O–H groups in total. The Hall–Kier alpha value is -1.60. The van der Waals surface area contributed by atoms with Gasteiger partial charge in [-0.3, -0.25) is 4.79 Å². The van der Waals surface area contributed by atoms with Crippen molar-refractivity contribution in [1.29, 1.82) is 0 Å². The van der Waals surface area contributed by atoms with Crippen molar-refractivity contribution >= 4 is 11.9 Å². The van der Waals surface area contributed by atoms with Crippen molar-refractivity contribution in [2.45, 2.75) is 230 Å². The second kappa shape index (κ2) is 31.7. The lowest BCUT2D eigenvalue weighted by atomic mass is 9.99. The summed E-state index contributed by atoms with van der Waals surface area (Å²) >= 11 is 0. The molecule has 8 atom stereocenters. The second-order valence-electron chi connectivity index (χ2n) is 15.0. The summed E-state index contributed by atoms with van der Waals surface area (Å²) in [4.78, 5) is 24.5. The average molecular weight is 744 g/mol. The number of rotatable bonds is 34. The Bertz CT molecular complexity index is 905. The van der Waals surface area contributed by atoms with Gasteiger partial charge in [0.25, 0.3) is 0 Å². The first-order valence-electron chi connectivity index (χ1n) is 21.0. The summed E-state index contributed by atoms with van der Waals surface area (Å²) in [6.07, 6.45) is 21.6. The molecule has 1 amide bonds. The first-order chi connectivity index (χ1) is 25.1. The molecule has 0 spiro atoms. The van der Waals surface area contributed by atoms with E-state index in [1.54, 1.807) is 0 Å². The summed E-state index contributed by atoms with van der Waals surface area (Å²) in [6, 6.07) is -0.984. The first-order valence-corrected chi connectivity index (χ1v) is 21.0. The Morgan fingerprint density at radius 3 is 1.60 bits per heavy atom. The van der Waals surface area contributed by atoms with Gasteiger partial charge in [-0.1, -0.05) is 154 Å². The number of unbranched alkanes of at least 4 members (excludes halogenated alkanes) is 21. The molecule has 0 aromatic heterocycles. The third kappa shape index (κ3) is 22.6. The van der Waals surface area contributed by atoms with E-state index in [-0.39, 0.29) is 13.0 Å². The zero-order valence-corrected chi connectivity index (χ0v) is 32.7. The van der Waals surface area contributed by atoms with E-state index in [1.807, 2.05) is 0 Å². The molecule has 0 aliphatic carbocycles. The number of allylic oxidation sites excluding steroid dienone is 2. The predicted octanol–water partition coefficient (Wildman–Crippen LogP) is 6.84. The van der Waals surface area contributed by atoms with Gasteiger partial charge in [0.1, 0.15) is 24.4 Å². The highest BCUT2D eigenvalue weighted by atomic mass is 16.7. The standard InChI is InChI=1S/C41H77NO10/c1-3-5-7-9-11-13-15-17-18-20-21-23-25-27-29-33(43)32(31-51-41-37(47)35(45)36(46)38(52-41)40(49)50)42-39(48)34(44)30-28-26-24-22-19-16-14-12-10-8-6-4-2/h11,13,32-38,41,43-47H,3-10,12,14-31H2,1-2H3,(H,42,48)(H,49,50)/b13-11+/t32?,33?,34-,35-,36-,37+,38-,41-/m0/s1. The van der Waals surface area contributed by atoms with E-state index >= 15 is 0 Å². The number of aliphatic hydroxyl groups is 5. The van der Waals surface area contributed by atoms with Crippen molar-refractivity contribution in [1.82, 2.24) is 5.32 Å². The van der Waals surface area contributed by atoms with Gasteiger partial charge in [0.2, 0.25) is 5.91 Å². The molecule has 306 valence electrons. The fourth-order valence-corrected chi connectivity index (χ4v) is 6.67. The zero-order chi connectivity index (χ0) is 38.4. The van der Waals surface area contributed by atoms with Crippen LogP contribution in [0, 0.1) is 0 Å². The summed E-state index contributed by atoms with van der Waals surface area (Å²) in [5, 5.41) is 64.2. The van der Waals surface area contributed by atoms with Gasteiger partial charge in [0.05, 0.1) is 18.8 Å². The van der Waals surface area contributed by atoms with Gasteiger partial charge >= 0.3 is 5.97 Å². The van der Waals surface area contributed by atoms with E-state index in [1.165, 1.54) is 89.9 Å². The van der Waals surface area contributed by atoms with Gasteiger partial charge in [0, 0.05) is 0 Å². The van der Waals surface area contributed by atoms with Crippen LogP contribution in [0.1, 0.15) is 181 Å². The van der Waals surface area contributed by atoms with Crippen molar-refractivity contribution in [3.63, 3.8) is 0 Å². The van der Waals surface area contributed by atoms with Crippen molar-refractivity contribution in [3.8, 4) is 0 Å². The number of carboxylic acid groups (broad SMARTS) is 1. The van der Waals surface area contributed by atoms with E-state index < -0.39 is 60.8 Å². The van der Waals surface area contributed by atoms with E-state index in [0.29, 0.717) is 19.3 Å². The number of carboxylic acids is 1. The smallest absolute Gasteiger partial charge is 0.335 e. The third-order valence-corrected chi connectivity index (χ3v) is 10.2. The molecule has 1 aliphatic rings. The van der Waals surface area contributed by atoms with E-state index in [4.69, 9.17) is 9.47 Å². The first kappa shape index (κ1) is 48.4. The minimum Gasteiger partial charge on any atom is -0.479 e. The molecule has 2 unspecified atom stereocenters. The van der Waals surface area contributed by atoms with Crippen LogP contribution in [0.4, 0.5) is 0 Å². The van der Waals surface area contributed by atoms with Crippen molar-refractivity contribution < 1.29 is 49.7 Å². The number of nitrogens with one attached hydrogen (secondary N) is 1. The summed E-state index contributed by atoms with van der Waals surface area (Å²) < 4.78 is 10.8. The van der Waals surface area contributed by atoms with Gasteiger partial charge in [-0.2, -0.15) is 0 Å². The summed E-state index contributed by atoms with van der Waals surface area (Å²) in [5.41, 5.74) is 0. The maximum atomic E-state index is 13.0. The summed E-state index contributed by atoms with van der Waals surface area (Å²) in [6.45, 7) is 4.07.